The van der Waals surface area contributed by atoms with Crippen LogP contribution < -0.4 is 20.4 Å². The maximum absolute atomic E-state index is 6.58. The van der Waals surface area contributed by atoms with Crippen LogP contribution in [0.25, 0.3) is 82.8 Å². The van der Waals surface area contributed by atoms with E-state index in [0.717, 1.165) is 56.6 Å². The molecule has 2 N–H and O–H groups in total. The van der Waals surface area contributed by atoms with Crippen molar-refractivity contribution in [3.63, 3.8) is 0 Å². The highest BCUT2D eigenvalue weighted by atomic mass is 32.1. The first kappa shape index (κ1) is 32.5. The van der Waals surface area contributed by atoms with Gasteiger partial charge in [0.15, 0.2) is 0 Å². The molecule has 3 aromatic heterocycles. The fraction of sp³-hybridized carbons (Fsp3) is 0.0784. The van der Waals surface area contributed by atoms with Crippen molar-refractivity contribution in [3.05, 3.63) is 185 Å². The maximum atomic E-state index is 6.58. The highest BCUT2D eigenvalue weighted by Crippen LogP contribution is 2.38. The van der Waals surface area contributed by atoms with E-state index >= 15 is 0 Å². The zero-order valence-corrected chi connectivity index (χ0v) is 31.7. The molecule has 0 saturated heterocycles. The van der Waals surface area contributed by atoms with Crippen LogP contribution in [0.4, 0.5) is 0 Å². The van der Waals surface area contributed by atoms with Crippen LogP contribution in [0.15, 0.2) is 173 Å². The predicted molar refractivity (Wildman–Crippen MR) is 237 cm³/mol. The first-order valence-corrected chi connectivity index (χ1v) is 20.4. The SMILES string of the molecule is C1=c2sc3c(-c4ccc5c(c4)oc4ccc(-n6c7ccccc7c7ccccc76)cc45)cccc3c2=CCC1C1NC(c2ccccc2)=NC(c2ccccc2)N1. The van der Waals surface area contributed by atoms with Crippen LogP contribution in [-0.2, 0) is 0 Å². The molecule has 0 radical (unpaired) electrons. The molecular weight excluding hydrogens is 717 g/mol. The third kappa shape index (κ3) is 5.29. The summed E-state index contributed by atoms with van der Waals surface area (Å²) in [7, 11) is 0. The van der Waals surface area contributed by atoms with Crippen LogP contribution in [0.1, 0.15) is 23.7 Å². The third-order valence-electron chi connectivity index (χ3n) is 11.8. The van der Waals surface area contributed by atoms with Crippen LogP contribution in [0.3, 0.4) is 0 Å². The molecule has 0 spiro atoms. The second kappa shape index (κ2) is 12.9. The highest BCUT2D eigenvalue weighted by molar-refractivity contribution is 7.17. The molecule has 1 aliphatic heterocycles. The fourth-order valence-corrected chi connectivity index (χ4v) is 10.4. The average molecular weight is 753 g/mol. The quantitative estimate of drug-likeness (QED) is 0.184. The van der Waals surface area contributed by atoms with Gasteiger partial charge in [0.1, 0.15) is 23.2 Å². The van der Waals surface area contributed by atoms with Gasteiger partial charge < -0.3 is 14.3 Å². The summed E-state index contributed by atoms with van der Waals surface area (Å²) < 4.78 is 11.6. The van der Waals surface area contributed by atoms with E-state index in [9.17, 15) is 0 Å². The Hall–Kier alpha value is -6.73. The Bertz CT molecular complexity index is 3300. The van der Waals surface area contributed by atoms with Gasteiger partial charge in [0, 0.05) is 53.3 Å². The Labute approximate surface area is 332 Å². The van der Waals surface area contributed by atoms with Crippen LogP contribution in [0.5, 0.6) is 0 Å². The summed E-state index contributed by atoms with van der Waals surface area (Å²) in [5.41, 5.74) is 9.98. The minimum atomic E-state index is -0.134. The van der Waals surface area contributed by atoms with Gasteiger partial charge >= 0.3 is 0 Å². The molecule has 3 atom stereocenters. The lowest BCUT2D eigenvalue weighted by atomic mass is 9.94. The van der Waals surface area contributed by atoms with E-state index in [2.05, 4.69) is 191 Å². The summed E-state index contributed by atoms with van der Waals surface area (Å²) in [6.07, 6.45) is 5.72. The molecular formula is C51H36N4OS. The largest absolute Gasteiger partial charge is 0.456 e. The molecule has 0 fully saturated rings. The van der Waals surface area contributed by atoms with Crippen LogP contribution in [0.2, 0.25) is 0 Å². The highest BCUT2D eigenvalue weighted by Gasteiger charge is 2.30. The molecule has 6 heteroatoms. The summed E-state index contributed by atoms with van der Waals surface area (Å²) in [4.78, 5) is 5.13. The number of fused-ring (bicyclic) bond motifs is 9. The van der Waals surface area contributed by atoms with E-state index in [4.69, 9.17) is 9.41 Å². The first-order chi connectivity index (χ1) is 28.2. The van der Waals surface area contributed by atoms with E-state index < -0.39 is 0 Å². The number of nitrogens with one attached hydrogen (secondary N) is 2. The van der Waals surface area contributed by atoms with E-state index in [-0.39, 0.29) is 18.2 Å². The molecule has 10 aromatic rings. The van der Waals surface area contributed by atoms with Gasteiger partial charge in [-0.3, -0.25) is 5.32 Å². The third-order valence-corrected chi connectivity index (χ3v) is 13.0. The Kier molecular flexibility index (Phi) is 7.37. The average Bonchev–Trinajstić information content (AvgIpc) is 3.95. The molecule has 0 saturated carbocycles. The minimum absolute atomic E-state index is 0.0166. The van der Waals surface area contributed by atoms with E-state index in [1.807, 2.05) is 11.3 Å². The number of benzene rings is 7. The molecule has 57 heavy (non-hydrogen) atoms. The summed E-state index contributed by atoms with van der Waals surface area (Å²) in [5, 5.41) is 15.0. The molecule has 5 nitrogen and oxygen atoms in total. The van der Waals surface area contributed by atoms with Crippen molar-refractivity contribution in [2.75, 3.05) is 0 Å². The molecule has 0 bridgehead atoms. The second-order valence-electron chi connectivity index (χ2n) is 15.1. The molecule has 272 valence electrons. The molecule has 2 aliphatic rings. The monoisotopic (exact) mass is 752 g/mol. The van der Waals surface area contributed by atoms with E-state index in [0.29, 0.717) is 0 Å². The number of hydrogen-bond donors (Lipinski definition) is 2. The Morgan fingerprint density at radius 2 is 1.35 bits per heavy atom. The van der Waals surface area contributed by atoms with E-state index in [1.165, 1.54) is 47.2 Å². The lowest BCUT2D eigenvalue weighted by Gasteiger charge is -2.35. The number of nitrogens with zero attached hydrogens (tertiary/aromatic N) is 2. The van der Waals surface area contributed by atoms with Gasteiger partial charge in [-0.1, -0.05) is 133 Å². The standard InChI is InChI=1S/C51H36N4OS/c1-3-12-31(13-4-1)49-52-50(32-14-5-2-6-15-32)54-51(53-49)34-23-26-40-41-19-11-18-36(48(41)57-47(40)29-34)33-22-25-39-42-30-35(24-27-45(42)56-46(39)28-33)55-43-20-9-7-16-37(43)38-17-8-10-21-44(38)55/h1-22,24-30,34,49,51,53H,23H2,(H,52,54). The lowest BCUT2D eigenvalue weighted by molar-refractivity contribution is 0.342. The van der Waals surface area contributed by atoms with Crippen molar-refractivity contribution in [1.82, 2.24) is 15.2 Å². The van der Waals surface area contributed by atoms with Crippen LogP contribution in [0, 0.1) is 5.92 Å². The van der Waals surface area contributed by atoms with Gasteiger partial charge in [-0.15, -0.1) is 11.3 Å². The number of thiophene rings is 1. The molecule has 12 rings (SSSR count). The minimum Gasteiger partial charge on any atom is -0.456 e. The lowest BCUT2D eigenvalue weighted by Crippen LogP contribution is -2.55. The zero-order chi connectivity index (χ0) is 37.5. The van der Waals surface area contributed by atoms with Gasteiger partial charge in [0.05, 0.1) is 17.2 Å². The molecule has 1 aliphatic carbocycles. The summed E-state index contributed by atoms with van der Waals surface area (Å²) >= 11 is 1.89. The number of para-hydroxylation sites is 2. The maximum Gasteiger partial charge on any atom is 0.136 e. The van der Waals surface area contributed by atoms with Crippen molar-refractivity contribution in [2.45, 2.75) is 18.8 Å². The number of hydrogen-bond acceptors (Lipinski definition) is 5. The first-order valence-electron chi connectivity index (χ1n) is 19.6. The Morgan fingerprint density at radius 1 is 0.614 bits per heavy atom. The van der Waals surface area contributed by atoms with Crippen molar-refractivity contribution in [3.8, 4) is 16.8 Å². The zero-order valence-electron chi connectivity index (χ0n) is 30.9. The summed E-state index contributed by atoms with van der Waals surface area (Å²) in [5.74, 6) is 1.17. The molecule has 4 heterocycles. The summed E-state index contributed by atoms with van der Waals surface area (Å²) in [6.45, 7) is 0. The predicted octanol–water partition coefficient (Wildman–Crippen LogP) is 10.8. The normalized spacial score (nSPS) is 18.0. The fourth-order valence-electron chi connectivity index (χ4n) is 9.09. The van der Waals surface area contributed by atoms with Gasteiger partial charge in [0.25, 0.3) is 0 Å². The second-order valence-corrected chi connectivity index (χ2v) is 16.2. The summed E-state index contributed by atoms with van der Waals surface area (Å²) in [6, 6.07) is 58.3. The smallest absolute Gasteiger partial charge is 0.136 e. The number of aromatic nitrogens is 1. The van der Waals surface area contributed by atoms with Crippen LogP contribution >= 0.6 is 11.3 Å². The van der Waals surface area contributed by atoms with Gasteiger partial charge in [-0.25, -0.2) is 4.99 Å². The van der Waals surface area contributed by atoms with E-state index in [1.54, 1.807) is 0 Å². The van der Waals surface area contributed by atoms with Crippen molar-refractivity contribution < 1.29 is 4.42 Å². The van der Waals surface area contributed by atoms with Gasteiger partial charge in [-0.2, -0.15) is 0 Å². The van der Waals surface area contributed by atoms with Crippen molar-refractivity contribution in [1.29, 1.82) is 0 Å². The van der Waals surface area contributed by atoms with Crippen molar-refractivity contribution in [2.24, 2.45) is 10.9 Å². The van der Waals surface area contributed by atoms with Gasteiger partial charge in [0.2, 0.25) is 0 Å². The number of furan rings is 1. The molecule has 0 amide bonds. The van der Waals surface area contributed by atoms with Crippen molar-refractivity contribution >= 4 is 83.2 Å². The number of amidine groups is 1. The topological polar surface area (TPSA) is 54.5 Å². The van der Waals surface area contributed by atoms with Crippen LogP contribution in [-0.4, -0.2) is 16.6 Å². The number of aliphatic imine (C=N–C) groups is 1. The molecule has 3 unspecified atom stereocenters. The number of rotatable bonds is 5. The Balaban J connectivity index is 0.912. The van der Waals surface area contributed by atoms with Gasteiger partial charge in [-0.05, 0) is 70.8 Å². The Morgan fingerprint density at radius 3 is 2.16 bits per heavy atom. The molecule has 7 aromatic carbocycles.